The Kier molecular flexibility index (Phi) is 5.70. The predicted octanol–water partition coefficient (Wildman–Crippen LogP) is 3.59. The highest BCUT2D eigenvalue weighted by molar-refractivity contribution is 6.30. The second-order valence-electron chi connectivity index (χ2n) is 5.89. The van der Waals surface area contributed by atoms with Crippen molar-refractivity contribution in [1.29, 1.82) is 0 Å². The average Bonchev–Trinajstić information content (AvgIpc) is 3.26. The summed E-state index contributed by atoms with van der Waals surface area (Å²) < 4.78 is 17.3. The second-order valence-corrected chi connectivity index (χ2v) is 6.33. The molecule has 8 nitrogen and oxygen atoms in total. The fourth-order valence-corrected chi connectivity index (χ4v) is 2.64. The number of methoxy groups -OCH3 is 1. The topological polar surface area (TPSA) is 95.6 Å². The second kappa shape index (κ2) is 8.18. The molecule has 0 saturated heterocycles. The van der Waals surface area contributed by atoms with Gasteiger partial charge in [0, 0.05) is 12.1 Å². The third-order valence-electron chi connectivity index (χ3n) is 4.01. The summed E-state index contributed by atoms with van der Waals surface area (Å²) in [6.45, 7) is 1.86. The van der Waals surface area contributed by atoms with Gasteiger partial charge in [-0.1, -0.05) is 17.7 Å². The molecule has 0 unspecified atom stereocenters. The van der Waals surface area contributed by atoms with Crippen molar-refractivity contribution < 1.29 is 23.5 Å². The first-order valence-electron chi connectivity index (χ1n) is 8.29. The van der Waals surface area contributed by atoms with E-state index in [1.165, 1.54) is 17.9 Å². The lowest BCUT2D eigenvalue weighted by molar-refractivity contribution is 0.0594. The number of hydrogen-bond acceptors (Lipinski definition) is 6. The molecular weight excluding hydrogens is 386 g/mol. The van der Waals surface area contributed by atoms with Crippen LogP contribution in [0.1, 0.15) is 32.5 Å². The quantitative estimate of drug-likeness (QED) is 0.632. The molecule has 0 atom stereocenters. The molecule has 0 fully saturated rings. The zero-order chi connectivity index (χ0) is 20.3. The lowest BCUT2D eigenvalue weighted by Gasteiger charge is -2.05. The molecule has 9 heteroatoms. The Labute approximate surface area is 166 Å². The number of hydrogen-bond donors (Lipinski definition) is 1. The maximum absolute atomic E-state index is 12.5. The largest absolute Gasteiger partial charge is 0.486 e. The van der Waals surface area contributed by atoms with Crippen LogP contribution >= 0.6 is 11.6 Å². The maximum atomic E-state index is 12.5. The molecule has 0 bridgehead atoms. The number of carbonyl (C=O) groups excluding carboxylic acids is 2. The van der Waals surface area contributed by atoms with E-state index in [2.05, 4.69) is 10.4 Å². The van der Waals surface area contributed by atoms with Gasteiger partial charge in [-0.05, 0) is 37.3 Å². The number of anilines is 1. The van der Waals surface area contributed by atoms with Crippen molar-refractivity contribution in [1.82, 2.24) is 9.78 Å². The molecule has 28 heavy (non-hydrogen) atoms. The summed E-state index contributed by atoms with van der Waals surface area (Å²) in [5.41, 5.74) is 0.893. The van der Waals surface area contributed by atoms with Gasteiger partial charge in [0.15, 0.2) is 11.5 Å². The molecule has 2 heterocycles. The van der Waals surface area contributed by atoms with Crippen LogP contribution in [0.3, 0.4) is 0 Å². The van der Waals surface area contributed by atoms with Gasteiger partial charge in [-0.15, -0.1) is 0 Å². The molecule has 0 aliphatic heterocycles. The molecule has 0 aliphatic rings. The smallest absolute Gasteiger partial charge is 0.360 e. The van der Waals surface area contributed by atoms with E-state index in [-0.39, 0.29) is 23.7 Å². The van der Waals surface area contributed by atoms with Gasteiger partial charge >= 0.3 is 5.97 Å². The average molecular weight is 404 g/mol. The van der Waals surface area contributed by atoms with Gasteiger partial charge < -0.3 is 19.2 Å². The minimum atomic E-state index is -0.644. The number of benzene rings is 1. The molecule has 1 amide bonds. The van der Waals surface area contributed by atoms with Crippen molar-refractivity contribution >= 4 is 29.2 Å². The molecule has 0 saturated carbocycles. The van der Waals surface area contributed by atoms with Crippen molar-refractivity contribution in [3.63, 3.8) is 0 Å². The van der Waals surface area contributed by atoms with Crippen LogP contribution in [0.15, 0.2) is 40.8 Å². The van der Waals surface area contributed by atoms with Gasteiger partial charge in [0.25, 0.3) is 5.91 Å². The molecule has 0 spiro atoms. The summed E-state index contributed by atoms with van der Waals surface area (Å²) in [6, 6.07) is 10.1. The number of nitrogens with one attached hydrogen (secondary N) is 1. The van der Waals surface area contributed by atoms with Crippen LogP contribution in [0, 0.1) is 6.92 Å². The highest BCUT2D eigenvalue weighted by Gasteiger charge is 2.23. The van der Waals surface area contributed by atoms with Crippen LogP contribution in [-0.4, -0.2) is 28.8 Å². The molecule has 2 aromatic heterocycles. The van der Waals surface area contributed by atoms with Crippen LogP contribution in [0.5, 0.6) is 5.75 Å². The van der Waals surface area contributed by atoms with Gasteiger partial charge in [-0.3, -0.25) is 9.48 Å². The third-order valence-corrected chi connectivity index (χ3v) is 4.25. The predicted molar refractivity (Wildman–Crippen MR) is 102 cm³/mol. The number of aryl methyl sites for hydroxylation is 1. The van der Waals surface area contributed by atoms with Crippen LogP contribution in [0.25, 0.3) is 0 Å². The highest BCUT2D eigenvalue weighted by Crippen LogP contribution is 2.22. The van der Waals surface area contributed by atoms with E-state index in [9.17, 15) is 9.59 Å². The summed E-state index contributed by atoms with van der Waals surface area (Å²) in [5, 5.41) is 7.28. The SMILES string of the molecule is COC(=O)c1nn(C)c(C)c1NC(=O)c1ccc(COc2cccc(Cl)c2)o1. The maximum Gasteiger partial charge on any atom is 0.360 e. The molecule has 1 N–H and O–H groups in total. The first-order valence-corrected chi connectivity index (χ1v) is 8.67. The summed E-state index contributed by atoms with van der Waals surface area (Å²) >= 11 is 5.91. The monoisotopic (exact) mass is 403 g/mol. The zero-order valence-corrected chi connectivity index (χ0v) is 16.2. The Morgan fingerprint density at radius 3 is 2.79 bits per heavy atom. The molecule has 3 rings (SSSR count). The number of aromatic nitrogens is 2. The minimum absolute atomic E-state index is 0.0203. The number of amides is 1. The first-order chi connectivity index (χ1) is 13.4. The fourth-order valence-electron chi connectivity index (χ4n) is 2.46. The summed E-state index contributed by atoms with van der Waals surface area (Å²) in [5.74, 6) is -0.0436. The summed E-state index contributed by atoms with van der Waals surface area (Å²) in [4.78, 5) is 24.4. The van der Waals surface area contributed by atoms with Gasteiger partial charge in [-0.2, -0.15) is 5.10 Å². The van der Waals surface area contributed by atoms with Crippen molar-refractivity contribution in [2.45, 2.75) is 13.5 Å². The van der Waals surface area contributed by atoms with E-state index in [4.69, 9.17) is 25.5 Å². The van der Waals surface area contributed by atoms with Crippen molar-refractivity contribution in [2.24, 2.45) is 7.05 Å². The number of carbonyl (C=O) groups is 2. The van der Waals surface area contributed by atoms with Gasteiger partial charge in [0.2, 0.25) is 0 Å². The highest BCUT2D eigenvalue weighted by atomic mass is 35.5. The summed E-state index contributed by atoms with van der Waals surface area (Å²) in [6.07, 6.45) is 0. The van der Waals surface area contributed by atoms with E-state index in [1.54, 1.807) is 44.3 Å². The molecule has 1 aromatic carbocycles. The van der Waals surface area contributed by atoms with Gasteiger partial charge in [-0.25, -0.2) is 4.79 Å². The van der Waals surface area contributed by atoms with Crippen molar-refractivity contribution in [3.8, 4) is 5.75 Å². The number of rotatable bonds is 6. The van der Waals surface area contributed by atoms with E-state index in [0.717, 1.165) is 0 Å². The molecule has 0 aliphatic carbocycles. The summed E-state index contributed by atoms with van der Waals surface area (Å²) in [7, 11) is 2.91. The molecule has 3 aromatic rings. The van der Waals surface area contributed by atoms with Gasteiger partial charge in [0.05, 0.1) is 18.5 Å². The number of furan rings is 1. The molecular formula is C19H18ClN3O5. The number of nitrogens with zero attached hydrogens (tertiary/aromatic N) is 2. The zero-order valence-electron chi connectivity index (χ0n) is 15.5. The van der Waals surface area contributed by atoms with Crippen LogP contribution < -0.4 is 10.1 Å². The number of halogens is 1. The van der Waals surface area contributed by atoms with Crippen molar-refractivity contribution in [2.75, 3.05) is 12.4 Å². The Morgan fingerprint density at radius 1 is 1.29 bits per heavy atom. The van der Waals surface area contributed by atoms with E-state index < -0.39 is 11.9 Å². The van der Waals surface area contributed by atoms with E-state index in [1.807, 2.05) is 0 Å². The molecule has 146 valence electrons. The number of ether oxygens (including phenoxy) is 2. The lowest BCUT2D eigenvalue weighted by Crippen LogP contribution is -2.14. The Hall–Kier alpha value is -3.26. The normalized spacial score (nSPS) is 10.6. The standard InChI is InChI=1S/C19H18ClN3O5/c1-11-16(17(19(25)26-3)22-23(11)2)21-18(24)15-8-7-14(28-15)10-27-13-6-4-5-12(20)9-13/h4-9H,10H2,1-3H3,(H,21,24). The van der Waals surface area contributed by atoms with Crippen LogP contribution in [0.2, 0.25) is 5.02 Å². The Bertz CT molecular complexity index is 1020. The fraction of sp³-hybridized carbons (Fsp3) is 0.211. The van der Waals surface area contributed by atoms with E-state index in [0.29, 0.717) is 22.2 Å². The third kappa shape index (κ3) is 4.17. The Balaban J connectivity index is 1.70. The van der Waals surface area contributed by atoms with Crippen molar-refractivity contribution in [3.05, 3.63) is 64.3 Å². The lowest BCUT2D eigenvalue weighted by atomic mass is 10.3. The van der Waals surface area contributed by atoms with E-state index >= 15 is 0 Å². The van der Waals surface area contributed by atoms with Crippen LogP contribution in [-0.2, 0) is 18.4 Å². The minimum Gasteiger partial charge on any atom is -0.486 e. The van der Waals surface area contributed by atoms with Gasteiger partial charge in [0.1, 0.15) is 18.1 Å². The molecule has 0 radical (unpaired) electrons. The number of esters is 1. The first kappa shape index (κ1) is 19.5. The Morgan fingerprint density at radius 2 is 2.07 bits per heavy atom. The van der Waals surface area contributed by atoms with Crippen LogP contribution in [0.4, 0.5) is 5.69 Å².